The van der Waals surface area contributed by atoms with E-state index in [1.54, 1.807) is 0 Å². The van der Waals surface area contributed by atoms with E-state index >= 15 is 0 Å². The molecule has 0 amide bonds. The van der Waals surface area contributed by atoms with Crippen molar-refractivity contribution in [3.63, 3.8) is 0 Å². The Balaban J connectivity index is 2.59. The van der Waals surface area contributed by atoms with Gasteiger partial charge < -0.3 is 10.1 Å². The minimum Gasteiger partial charge on any atom is -0.469 e. The third-order valence-corrected chi connectivity index (χ3v) is 3.35. The third kappa shape index (κ3) is 5.43. The zero-order valence-electron chi connectivity index (χ0n) is 12.2. The first kappa shape index (κ1) is 15.7. The number of rotatable bonds is 8. The molecule has 0 fully saturated rings. The van der Waals surface area contributed by atoms with Crippen molar-refractivity contribution in [1.82, 2.24) is 5.32 Å². The van der Waals surface area contributed by atoms with E-state index in [0.29, 0.717) is 12.6 Å². The minimum atomic E-state index is -0.227. The van der Waals surface area contributed by atoms with Gasteiger partial charge in [0.25, 0.3) is 0 Å². The molecule has 0 aliphatic carbocycles. The van der Waals surface area contributed by atoms with E-state index in [0.717, 1.165) is 12.0 Å². The largest absolute Gasteiger partial charge is 0.469 e. The predicted molar refractivity (Wildman–Crippen MR) is 78.2 cm³/mol. The second-order valence-electron chi connectivity index (χ2n) is 4.94. The Kier molecular flexibility index (Phi) is 7.19. The number of benzene rings is 1. The van der Waals surface area contributed by atoms with Crippen LogP contribution in [0.15, 0.2) is 30.3 Å². The quantitative estimate of drug-likeness (QED) is 0.732. The van der Waals surface area contributed by atoms with Crippen LogP contribution in [0.25, 0.3) is 0 Å². The highest BCUT2D eigenvalue weighted by Gasteiger charge is 2.21. The highest BCUT2D eigenvalue weighted by Crippen LogP contribution is 2.16. The number of carbonyl (C=O) groups is 1. The summed E-state index contributed by atoms with van der Waals surface area (Å²) < 4.78 is 4.90. The lowest BCUT2D eigenvalue weighted by atomic mass is 9.98. The van der Waals surface area contributed by atoms with Crippen LogP contribution in [-0.2, 0) is 9.53 Å². The molecule has 106 valence electrons. The summed E-state index contributed by atoms with van der Waals surface area (Å²) in [6, 6.07) is 10.2. The molecule has 3 heteroatoms. The van der Waals surface area contributed by atoms with Gasteiger partial charge in [-0.1, -0.05) is 50.1 Å². The zero-order chi connectivity index (χ0) is 14.1. The maximum absolute atomic E-state index is 11.9. The van der Waals surface area contributed by atoms with Gasteiger partial charge in [-0.2, -0.15) is 0 Å². The molecule has 2 unspecified atom stereocenters. The standard InChI is InChI=1S/C16H25NO2/c1-4-5-9-13(2)17-12-15(16(18)19-3)14-10-7-6-8-11-14/h6-8,10-11,13,15,17H,4-5,9,12H2,1-3H3. The van der Waals surface area contributed by atoms with E-state index in [-0.39, 0.29) is 11.9 Å². The second-order valence-corrected chi connectivity index (χ2v) is 4.94. The Bertz CT molecular complexity index is 364. The van der Waals surface area contributed by atoms with E-state index in [9.17, 15) is 4.79 Å². The van der Waals surface area contributed by atoms with Crippen LogP contribution in [0.4, 0.5) is 0 Å². The molecule has 2 atom stereocenters. The predicted octanol–water partition coefficient (Wildman–Crippen LogP) is 3.11. The van der Waals surface area contributed by atoms with E-state index in [1.165, 1.54) is 20.0 Å². The molecule has 0 aromatic heterocycles. The van der Waals surface area contributed by atoms with Crippen molar-refractivity contribution < 1.29 is 9.53 Å². The van der Waals surface area contributed by atoms with E-state index in [1.807, 2.05) is 30.3 Å². The van der Waals surface area contributed by atoms with Gasteiger partial charge in [0.05, 0.1) is 13.0 Å². The smallest absolute Gasteiger partial charge is 0.314 e. The van der Waals surface area contributed by atoms with Crippen LogP contribution in [-0.4, -0.2) is 25.7 Å². The fraction of sp³-hybridized carbons (Fsp3) is 0.562. The van der Waals surface area contributed by atoms with Crippen molar-refractivity contribution in [2.45, 2.75) is 45.1 Å². The molecule has 1 rings (SSSR count). The van der Waals surface area contributed by atoms with Crippen LogP contribution >= 0.6 is 0 Å². The maximum atomic E-state index is 11.9. The molecule has 0 saturated heterocycles. The SMILES string of the molecule is CCCCC(C)NCC(C(=O)OC)c1ccccc1. The van der Waals surface area contributed by atoms with Gasteiger partial charge in [-0.25, -0.2) is 0 Å². The lowest BCUT2D eigenvalue weighted by Gasteiger charge is -2.19. The monoisotopic (exact) mass is 263 g/mol. The molecule has 0 saturated carbocycles. The summed E-state index contributed by atoms with van der Waals surface area (Å²) in [4.78, 5) is 11.9. The van der Waals surface area contributed by atoms with Crippen molar-refractivity contribution in [2.75, 3.05) is 13.7 Å². The molecule has 0 radical (unpaired) electrons. The van der Waals surface area contributed by atoms with Crippen molar-refractivity contribution in [1.29, 1.82) is 0 Å². The van der Waals surface area contributed by atoms with Crippen molar-refractivity contribution >= 4 is 5.97 Å². The Labute approximate surface area is 116 Å². The average molecular weight is 263 g/mol. The van der Waals surface area contributed by atoms with Gasteiger partial charge in [0, 0.05) is 12.6 Å². The van der Waals surface area contributed by atoms with Gasteiger partial charge in [-0.15, -0.1) is 0 Å². The van der Waals surface area contributed by atoms with Crippen LogP contribution < -0.4 is 5.32 Å². The van der Waals surface area contributed by atoms with E-state index in [4.69, 9.17) is 4.74 Å². The van der Waals surface area contributed by atoms with Gasteiger partial charge in [0.2, 0.25) is 0 Å². The number of methoxy groups -OCH3 is 1. The fourth-order valence-electron chi connectivity index (χ4n) is 2.10. The Morgan fingerprint density at radius 2 is 2.00 bits per heavy atom. The molecule has 0 aliphatic heterocycles. The number of unbranched alkanes of at least 4 members (excludes halogenated alkanes) is 1. The molecule has 0 spiro atoms. The average Bonchev–Trinajstić information content (AvgIpc) is 2.46. The first-order chi connectivity index (χ1) is 9.19. The number of nitrogens with one attached hydrogen (secondary N) is 1. The first-order valence-electron chi connectivity index (χ1n) is 7.05. The summed E-state index contributed by atoms with van der Waals surface area (Å²) in [5, 5.41) is 3.43. The van der Waals surface area contributed by atoms with Crippen LogP contribution in [0.3, 0.4) is 0 Å². The molecule has 0 aliphatic rings. The Hall–Kier alpha value is -1.35. The van der Waals surface area contributed by atoms with Gasteiger partial charge >= 0.3 is 5.97 Å². The summed E-state index contributed by atoms with van der Waals surface area (Å²) in [7, 11) is 1.44. The molecule has 0 bridgehead atoms. The fourth-order valence-corrected chi connectivity index (χ4v) is 2.10. The summed E-state index contributed by atoms with van der Waals surface area (Å²) >= 11 is 0. The van der Waals surface area contributed by atoms with Crippen molar-refractivity contribution in [3.05, 3.63) is 35.9 Å². The van der Waals surface area contributed by atoms with Crippen molar-refractivity contribution in [3.8, 4) is 0 Å². The highest BCUT2D eigenvalue weighted by atomic mass is 16.5. The lowest BCUT2D eigenvalue weighted by molar-refractivity contribution is -0.142. The zero-order valence-corrected chi connectivity index (χ0v) is 12.2. The molecule has 1 aromatic carbocycles. The molecule has 19 heavy (non-hydrogen) atoms. The topological polar surface area (TPSA) is 38.3 Å². The second kappa shape index (κ2) is 8.70. The molecule has 1 N–H and O–H groups in total. The summed E-state index contributed by atoms with van der Waals surface area (Å²) in [6.07, 6.45) is 3.55. The minimum absolute atomic E-state index is 0.179. The normalized spacial score (nSPS) is 13.8. The van der Waals surface area contributed by atoms with Crippen LogP contribution in [0.5, 0.6) is 0 Å². The number of hydrogen-bond acceptors (Lipinski definition) is 3. The van der Waals surface area contributed by atoms with E-state index < -0.39 is 0 Å². The van der Waals surface area contributed by atoms with Crippen LogP contribution in [0.2, 0.25) is 0 Å². The van der Waals surface area contributed by atoms with Crippen LogP contribution in [0, 0.1) is 0 Å². The lowest BCUT2D eigenvalue weighted by Crippen LogP contribution is -2.33. The molecule has 3 nitrogen and oxygen atoms in total. The molecular formula is C16H25NO2. The van der Waals surface area contributed by atoms with Crippen LogP contribution in [0.1, 0.15) is 44.6 Å². The number of esters is 1. The first-order valence-corrected chi connectivity index (χ1v) is 7.05. The Morgan fingerprint density at radius 1 is 1.32 bits per heavy atom. The summed E-state index contributed by atoms with van der Waals surface area (Å²) in [5.74, 6) is -0.406. The van der Waals surface area contributed by atoms with Crippen molar-refractivity contribution in [2.24, 2.45) is 0 Å². The van der Waals surface area contributed by atoms with Gasteiger partial charge in [0.1, 0.15) is 0 Å². The van der Waals surface area contributed by atoms with Gasteiger partial charge in [0.15, 0.2) is 0 Å². The Morgan fingerprint density at radius 3 is 2.58 bits per heavy atom. The summed E-state index contributed by atoms with van der Waals surface area (Å²) in [5.41, 5.74) is 1.00. The molecule has 1 aromatic rings. The summed E-state index contributed by atoms with van der Waals surface area (Å²) in [6.45, 7) is 4.98. The third-order valence-electron chi connectivity index (χ3n) is 3.35. The number of carbonyl (C=O) groups excluding carboxylic acids is 1. The number of ether oxygens (including phenoxy) is 1. The number of hydrogen-bond donors (Lipinski definition) is 1. The molecular weight excluding hydrogens is 238 g/mol. The van der Waals surface area contributed by atoms with Gasteiger partial charge in [-0.05, 0) is 18.9 Å². The van der Waals surface area contributed by atoms with E-state index in [2.05, 4.69) is 19.2 Å². The van der Waals surface area contributed by atoms with Gasteiger partial charge in [-0.3, -0.25) is 4.79 Å². The maximum Gasteiger partial charge on any atom is 0.314 e. The molecule has 0 heterocycles. The highest BCUT2D eigenvalue weighted by molar-refractivity contribution is 5.78.